The first-order valence-electron chi connectivity index (χ1n) is 5.99. The summed E-state index contributed by atoms with van der Waals surface area (Å²) in [7, 11) is 2.86. The molecule has 0 aliphatic carbocycles. The Morgan fingerprint density at radius 3 is 2.33 bits per heavy atom. The van der Waals surface area contributed by atoms with Gasteiger partial charge >= 0.3 is 0 Å². The van der Waals surface area contributed by atoms with Crippen LogP contribution in [-0.2, 0) is 0 Å². The summed E-state index contributed by atoms with van der Waals surface area (Å²) >= 11 is 0. The average molecular weight is 293 g/mol. The molecule has 0 radical (unpaired) electrons. The maximum absolute atomic E-state index is 13.9. The van der Waals surface area contributed by atoms with Crippen LogP contribution in [0.2, 0.25) is 0 Å². The Bertz CT molecular complexity index is 702. The summed E-state index contributed by atoms with van der Waals surface area (Å²) in [6, 6.07) is 5.96. The summed E-state index contributed by atoms with van der Waals surface area (Å²) in [6.07, 6.45) is 0. The number of anilines is 1. The minimum absolute atomic E-state index is 0.136. The molecule has 2 rings (SSSR count). The Morgan fingerprint density at radius 1 is 1.05 bits per heavy atom. The summed E-state index contributed by atoms with van der Waals surface area (Å²) in [5.74, 6) is -1.69. The van der Waals surface area contributed by atoms with Gasteiger partial charge in [-0.3, -0.25) is 4.79 Å². The molecular weight excluding hydrogens is 280 g/mol. The average Bonchev–Trinajstić information content (AvgIpc) is 2.49. The second kappa shape index (κ2) is 5.78. The van der Waals surface area contributed by atoms with E-state index >= 15 is 0 Å². The van der Waals surface area contributed by atoms with Crippen molar-refractivity contribution in [3.63, 3.8) is 0 Å². The topological polar surface area (TPSA) is 61.5 Å². The molecule has 110 valence electrons. The maximum atomic E-state index is 13.9. The van der Waals surface area contributed by atoms with Crippen LogP contribution in [0, 0.1) is 11.6 Å². The molecule has 0 amide bonds. The van der Waals surface area contributed by atoms with Crippen LogP contribution in [0.1, 0.15) is 15.9 Å². The zero-order valence-electron chi connectivity index (χ0n) is 11.4. The van der Waals surface area contributed by atoms with Crippen LogP contribution < -0.4 is 15.2 Å². The van der Waals surface area contributed by atoms with Crippen LogP contribution in [0.4, 0.5) is 14.5 Å². The molecule has 2 aromatic rings. The Hall–Kier alpha value is -2.63. The van der Waals surface area contributed by atoms with Gasteiger partial charge < -0.3 is 15.2 Å². The molecule has 2 aromatic carbocycles. The largest absolute Gasteiger partial charge is 0.493 e. The van der Waals surface area contributed by atoms with Gasteiger partial charge in [-0.25, -0.2) is 8.78 Å². The molecule has 0 atom stereocenters. The van der Waals surface area contributed by atoms with Gasteiger partial charge in [-0.2, -0.15) is 0 Å². The fraction of sp³-hybridized carbons (Fsp3) is 0.133. The normalized spacial score (nSPS) is 10.3. The van der Waals surface area contributed by atoms with Gasteiger partial charge in [0, 0.05) is 5.56 Å². The number of carbonyl (C=O) groups excluding carboxylic acids is 1. The van der Waals surface area contributed by atoms with Crippen LogP contribution >= 0.6 is 0 Å². The standard InChI is InChI=1S/C15H13F2NO3/c1-20-12-4-3-8(5-13(12)21-2)15(19)10-6-9(16)7-11(18)14(10)17/h3-7H,18H2,1-2H3. The number of rotatable bonds is 4. The van der Waals surface area contributed by atoms with Gasteiger partial charge in [-0.05, 0) is 30.3 Å². The third-order valence-electron chi connectivity index (χ3n) is 2.96. The highest BCUT2D eigenvalue weighted by atomic mass is 19.1. The fourth-order valence-electron chi connectivity index (χ4n) is 1.91. The van der Waals surface area contributed by atoms with Crippen molar-refractivity contribution in [2.75, 3.05) is 20.0 Å². The smallest absolute Gasteiger partial charge is 0.196 e. The molecule has 6 heteroatoms. The molecule has 0 unspecified atom stereocenters. The summed E-state index contributed by atoms with van der Waals surface area (Å²) in [4.78, 5) is 12.3. The molecule has 4 nitrogen and oxygen atoms in total. The van der Waals surface area contributed by atoms with E-state index in [1.54, 1.807) is 0 Å². The van der Waals surface area contributed by atoms with Crippen molar-refractivity contribution in [2.24, 2.45) is 0 Å². The first kappa shape index (κ1) is 14.8. The van der Waals surface area contributed by atoms with E-state index in [4.69, 9.17) is 15.2 Å². The Morgan fingerprint density at radius 2 is 1.71 bits per heavy atom. The first-order valence-corrected chi connectivity index (χ1v) is 5.99. The molecule has 0 aromatic heterocycles. The van der Waals surface area contributed by atoms with E-state index in [0.29, 0.717) is 11.5 Å². The molecular formula is C15H13F2NO3. The van der Waals surface area contributed by atoms with Gasteiger partial charge in [0.15, 0.2) is 23.1 Å². The maximum Gasteiger partial charge on any atom is 0.196 e. The van der Waals surface area contributed by atoms with Crippen LogP contribution in [0.15, 0.2) is 30.3 Å². The SMILES string of the molecule is COc1ccc(C(=O)c2cc(F)cc(N)c2F)cc1OC. The Labute approximate surface area is 120 Å². The van der Waals surface area contributed by atoms with E-state index < -0.39 is 28.7 Å². The van der Waals surface area contributed by atoms with Gasteiger partial charge in [0.25, 0.3) is 0 Å². The van der Waals surface area contributed by atoms with Gasteiger partial charge in [0.05, 0.1) is 25.5 Å². The van der Waals surface area contributed by atoms with E-state index in [1.165, 1.54) is 32.4 Å². The molecule has 0 bridgehead atoms. The van der Waals surface area contributed by atoms with Crippen molar-refractivity contribution in [3.8, 4) is 11.5 Å². The zero-order valence-corrected chi connectivity index (χ0v) is 11.4. The molecule has 0 spiro atoms. The van der Waals surface area contributed by atoms with Crippen molar-refractivity contribution >= 4 is 11.5 Å². The summed E-state index contributed by atoms with van der Waals surface area (Å²) < 4.78 is 37.3. The van der Waals surface area contributed by atoms with Crippen LogP contribution in [-0.4, -0.2) is 20.0 Å². The number of halogens is 2. The number of hydrogen-bond donors (Lipinski definition) is 1. The molecule has 0 aliphatic rings. The third-order valence-corrected chi connectivity index (χ3v) is 2.96. The number of nitrogens with two attached hydrogens (primary N) is 1. The number of hydrogen-bond acceptors (Lipinski definition) is 4. The van der Waals surface area contributed by atoms with Crippen LogP contribution in [0.5, 0.6) is 11.5 Å². The van der Waals surface area contributed by atoms with Crippen molar-refractivity contribution in [3.05, 3.63) is 53.1 Å². The van der Waals surface area contributed by atoms with Crippen LogP contribution in [0.25, 0.3) is 0 Å². The van der Waals surface area contributed by atoms with Crippen molar-refractivity contribution in [1.29, 1.82) is 0 Å². The van der Waals surface area contributed by atoms with Gasteiger partial charge in [-0.1, -0.05) is 0 Å². The number of benzene rings is 2. The van der Waals surface area contributed by atoms with E-state index in [2.05, 4.69) is 0 Å². The number of ether oxygens (including phenoxy) is 2. The second-order valence-corrected chi connectivity index (χ2v) is 4.26. The van der Waals surface area contributed by atoms with Crippen molar-refractivity contribution in [2.45, 2.75) is 0 Å². The highest BCUT2D eigenvalue weighted by molar-refractivity contribution is 6.10. The first-order chi connectivity index (χ1) is 9.97. The number of carbonyl (C=O) groups is 1. The minimum Gasteiger partial charge on any atom is -0.493 e. The Balaban J connectivity index is 2.50. The monoisotopic (exact) mass is 293 g/mol. The number of methoxy groups -OCH3 is 2. The van der Waals surface area contributed by atoms with Crippen molar-refractivity contribution in [1.82, 2.24) is 0 Å². The second-order valence-electron chi connectivity index (χ2n) is 4.26. The lowest BCUT2D eigenvalue weighted by molar-refractivity contribution is 0.103. The quantitative estimate of drug-likeness (QED) is 0.695. The van der Waals surface area contributed by atoms with Crippen LogP contribution in [0.3, 0.4) is 0 Å². The zero-order chi connectivity index (χ0) is 15.6. The third kappa shape index (κ3) is 2.79. The predicted molar refractivity (Wildman–Crippen MR) is 73.7 cm³/mol. The lowest BCUT2D eigenvalue weighted by Gasteiger charge is -2.10. The summed E-state index contributed by atoms with van der Waals surface area (Å²) in [5.41, 5.74) is 4.61. The summed E-state index contributed by atoms with van der Waals surface area (Å²) in [5, 5.41) is 0. The van der Waals surface area contributed by atoms with E-state index in [1.807, 2.05) is 0 Å². The number of nitrogen functional groups attached to an aromatic ring is 1. The minimum atomic E-state index is -0.948. The van der Waals surface area contributed by atoms with Crippen molar-refractivity contribution < 1.29 is 23.0 Å². The highest BCUT2D eigenvalue weighted by Gasteiger charge is 2.19. The van der Waals surface area contributed by atoms with Gasteiger partial charge in [-0.15, -0.1) is 0 Å². The molecule has 21 heavy (non-hydrogen) atoms. The fourth-order valence-corrected chi connectivity index (χ4v) is 1.91. The van der Waals surface area contributed by atoms with E-state index in [-0.39, 0.29) is 5.56 Å². The summed E-state index contributed by atoms with van der Waals surface area (Å²) in [6.45, 7) is 0. The molecule has 0 saturated heterocycles. The lowest BCUT2D eigenvalue weighted by atomic mass is 10.0. The molecule has 0 fully saturated rings. The van der Waals surface area contributed by atoms with E-state index in [0.717, 1.165) is 12.1 Å². The predicted octanol–water partition coefficient (Wildman–Crippen LogP) is 2.80. The van der Waals surface area contributed by atoms with Gasteiger partial charge in [0.1, 0.15) is 5.82 Å². The van der Waals surface area contributed by atoms with E-state index in [9.17, 15) is 13.6 Å². The molecule has 0 heterocycles. The lowest BCUT2D eigenvalue weighted by Crippen LogP contribution is -2.08. The Kier molecular flexibility index (Phi) is 4.07. The molecule has 2 N–H and O–H groups in total. The van der Waals surface area contributed by atoms with Gasteiger partial charge in [0.2, 0.25) is 0 Å². The number of ketones is 1. The molecule has 0 aliphatic heterocycles. The highest BCUT2D eigenvalue weighted by Crippen LogP contribution is 2.29. The molecule has 0 saturated carbocycles.